The molecule has 3 atom stereocenters. The fraction of sp³-hybridized carbons (Fsp3) is 1.00. The quantitative estimate of drug-likeness (QED) is 0.734. The Hall–Kier alpha value is -0.0400. The smallest absolute Gasteiger partial charge is 0.00126 e. The summed E-state index contributed by atoms with van der Waals surface area (Å²) < 4.78 is 0. The first-order valence-electron chi connectivity index (χ1n) is 6.91. The molecule has 1 heteroatoms. The molecule has 0 aromatic carbocycles. The zero-order valence-electron chi connectivity index (χ0n) is 10.7. The second-order valence-corrected chi connectivity index (χ2v) is 6.04. The van der Waals surface area contributed by atoms with E-state index >= 15 is 0 Å². The van der Waals surface area contributed by atoms with Gasteiger partial charge in [0.25, 0.3) is 0 Å². The van der Waals surface area contributed by atoms with Crippen molar-refractivity contribution in [2.75, 3.05) is 13.1 Å². The minimum absolute atomic E-state index is 0.716. The van der Waals surface area contributed by atoms with E-state index in [2.05, 4.69) is 26.1 Å². The Kier molecular flexibility index (Phi) is 3.39. The lowest BCUT2D eigenvalue weighted by atomic mass is 9.60. The van der Waals surface area contributed by atoms with Gasteiger partial charge in [-0.2, -0.15) is 0 Å². The molecule has 88 valence electrons. The van der Waals surface area contributed by atoms with E-state index in [1.165, 1.54) is 45.2 Å². The summed E-state index contributed by atoms with van der Waals surface area (Å²) >= 11 is 0. The molecule has 1 heterocycles. The largest absolute Gasteiger partial charge is 0.316 e. The van der Waals surface area contributed by atoms with Crippen molar-refractivity contribution in [2.24, 2.45) is 23.2 Å². The third-order valence-corrected chi connectivity index (χ3v) is 5.18. The average Bonchev–Trinajstić information content (AvgIpc) is 2.61. The SMILES string of the molecule is CCC1CCCC12CCNCC2C(C)C. The van der Waals surface area contributed by atoms with Gasteiger partial charge in [-0.15, -0.1) is 0 Å². The van der Waals surface area contributed by atoms with Crippen LogP contribution in [0.2, 0.25) is 0 Å². The number of rotatable bonds is 2. The summed E-state index contributed by atoms with van der Waals surface area (Å²) in [5.74, 6) is 2.80. The molecule has 2 rings (SSSR count). The highest BCUT2D eigenvalue weighted by atomic mass is 14.9. The van der Waals surface area contributed by atoms with Gasteiger partial charge in [-0.25, -0.2) is 0 Å². The first-order valence-corrected chi connectivity index (χ1v) is 6.91. The Morgan fingerprint density at radius 2 is 2.13 bits per heavy atom. The van der Waals surface area contributed by atoms with Crippen molar-refractivity contribution in [1.82, 2.24) is 5.32 Å². The lowest BCUT2D eigenvalue weighted by Gasteiger charge is -2.48. The Bertz CT molecular complexity index is 211. The molecule has 0 bridgehead atoms. The van der Waals surface area contributed by atoms with Gasteiger partial charge < -0.3 is 5.32 Å². The van der Waals surface area contributed by atoms with Crippen molar-refractivity contribution >= 4 is 0 Å². The highest BCUT2D eigenvalue weighted by molar-refractivity contribution is 5.00. The van der Waals surface area contributed by atoms with Crippen molar-refractivity contribution in [3.8, 4) is 0 Å². The minimum atomic E-state index is 0.716. The second-order valence-electron chi connectivity index (χ2n) is 6.04. The zero-order chi connectivity index (χ0) is 10.9. The van der Waals surface area contributed by atoms with E-state index in [0.717, 1.165) is 17.8 Å². The van der Waals surface area contributed by atoms with E-state index in [9.17, 15) is 0 Å². The van der Waals surface area contributed by atoms with Crippen LogP contribution in [0.15, 0.2) is 0 Å². The number of piperidine rings is 1. The molecule has 0 amide bonds. The molecular formula is C14H27N. The van der Waals surface area contributed by atoms with Crippen molar-refractivity contribution in [3.63, 3.8) is 0 Å². The van der Waals surface area contributed by atoms with Crippen LogP contribution in [0.25, 0.3) is 0 Å². The van der Waals surface area contributed by atoms with Crippen molar-refractivity contribution in [2.45, 2.75) is 52.9 Å². The third kappa shape index (κ3) is 1.84. The van der Waals surface area contributed by atoms with Gasteiger partial charge in [-0.3, -0.25) is 0 Å². The maximum atomic E-state index is 3.61. The summed E-state index contributed by atoms with van der Waals surface area (Å²) in [5, 5.41) is 3.61. The second kappa shape index (κ2) is 4.45. The molecule has 15 heavy (non-hydrogen) atoms. The molecule has 3 unspecified atom stereocenters. The van der Waals surface area contributed by atoms with Gasteiger partial charge in [0.05, 0.1) is 0 Å². The minimum Gasteiger partial charge on any atom is -0.316 e. The summed E-state index contributed by atoms with van der Waals surface area (Å²) in [6.07, 6.45) is 7.34. The fourth-order valence-electron chi connectivity index (χ4n) is 4.46. The summed E-state index contributed by atoms with van der Waals surface area (Å²) in [5.41, 5.74) is 0.716. The first-order chi connectivity index (χ1) is 7.20. The zero-order valence-corrected chi connectivity index (χ0v) is 10.7. The monoisotopic (exact) mass is 209 g/mol. The van der Waals surface area contributed by atoms with Gasteiger partial charge in [-0.1, -0.05) is 33.6 Å². The standard InChI is InChI=1S/C14H27N/c1-4-12-6-5-7-14(12)8-9-15-10-13(14)11(2)3/h11-13,15H,4-10H2,1-3H3. The normalized spacial score (nSPS) is 41.6. The number of nitrogens with one attached hydrogen (secondary N) is 1. The van der Waals surface area contributed by atoms with E-state index in [1.807, 2.05) is 0 Å². The predicted molar refractivity (Wildman–Crippen MR) is 65.9 cm³/mol. The van der Waals surface area contributed by atoms with Crippen molar-refractivity contribution < 1.29 is 0 Å². The van der Waals surface area contributed by atoms with E-state index in [-0.39, 0.29) is 0 Å². The van der Waals surface area contributed by atoms with Gasteiger partial charge in [0, 0.05) is 0 Å². The van der Waals surface area contributed by atoms with Crippen LogP contribution in [0.4, 0.5) is 0 Å². The summed E-state index contributed by atoms with van der Waals surface area (Å²) in [6, 6.07) is 0. The molecule has 1 saturated heterocycles. The van der Waals surface area contributed by atoms with Gasteiger partial charge in [0.2, 0.25) is 0 Å². The molecule has 1 spiro atoms. The van der Waals surface area contributed by atoms with Gasteiger partial charge in [-0.05, 0) is 55.5 Å². The van der Waals surface area contributed by atoms with Gasteiger partial charge in [0.15, 0.2) is 0 Å². The summed E-state index contributed by atoms with van der Waals surface area (Å²) in [4.78, 5) is 0. The van der Waals surface area contributed by atoms with Gasteiger partial charge >= 0.3 is 0 Å². The summed E-state index contributed by atoms with van der Waals surface area (Å²) in [6.45, 7) is 9.78. The first kappa shape index (κ1) is 11.4. The molecule has 1 aliphatic heterocycles. The molecule has 0 aromatic rings. The molecule has 1 saturated carbocycles. The number of hydrogen-bond donors (Lipinski definition) is 1. The summed E-state index contributed by atoms with van der Waals surface area (Å²) in [7, 11) is 0. The third-order valence-electron chi connectivity index (χ3n) is 5.18. The Morgan fingerprint density at radius 3 is 2.80 bits per heavy atom. The van der Waals surface area contributed by atoms with Crippen molar-refractivity contribution in [3.05, 3.63) is 0 Å². The van der Waals surface area contributed by atoms with Crippen LogP contribution < -0.4 is 5.32 Å². The molecular weight excluding hydrogens is 182 g/mol. The van der Waals surface area contributed by atoms with E-state index in [0.29, 0.717) is 5.41 Å². The van der Waals surface area contributed by atoms with Crippen molar-refractivity contribution in [1.29, 1.82) is 0 Å². The molecule has 1 N–H and O–H groups in total. The molecule has 2 aliphatic rings. The maximum Gasteiger partial charge on any atom is -0.00126 e. The molecule has 2 fully saturated rings. The van der Waals surface area contributed by atoms with Crippen LogP contribution in [0, 0.1) is 23.2 Å². The molecule has 0 aromatic heterocycles. The molecule has 1 aliphatic carbocycles. The highest BCUT2D eigenvalue weighted by Crippen LogP contribution is 2.55. The molecule has 0 radical (unpaired) electrons. The predicted octanol–water partition coefficient (Wildman–Crippen LogP) is 3.45. The van der Waals surface area contributed by atoms with E-state index in [1.54, 1.807) is 0 Å². The lowest BCUT2D eigenvalue weighted by molar-refractivity contribution is 0.0286. The highest BCUT2D eigenvalue weighted by Gasteiger charge is 2.49. The molecule has 1 nitrogen and oxygen atoms in total. The Balaban J connectivity index is 2.20. The Labute approximate surface area is 95.0 Å². The topological polar surface area (TPSA) is 12.0 Å². The van der Waals surface area contributed by atoms with Gasteiger partial charge in [0.1, 0.15) is 0 Å². The maximum absolute atomic E-state index is 3.61. The Morgan fingerprint density at radius 1 is 1.33 bits per heavy atom. The lowest BCUT2D eigenvalue weighted by Crippen LogP contribution is -2.49. The van der Waals surface area contributed by atoms with E-state index < -0.39 is 0 Å². The van der Waals surface area contributed by atoms with Crippen LogP contribution in [0.3, 0.4) is 0 Å². The number of hydrogen-bond acceptors (Lipinski definition) is 1. The van der Waals surface area contributed by atoms with Crippen LogP contribution in [-0.2, 0) is 0 Å². The van der Waals surface area contributed by atoms with Crippen LogP contribution in [0.5, 0.6) is 0 Å². The fourth-order valence-corrected chi connectivity index (χ4v) is 4.46. The average molecular weight is 209 g/mol. The van der Waals surface area contributed by atoms with Crippen LogP contribution >= 0.6 is 0 Å². The van der Waals surface area contributed by atoms with Crippen LogP contribution in [0.1, 0.15) is 52.9 Å². The van der Waals surface area contributed by atoms with E-state index in [4.69, 9.17) is 0 Å². The van der Waals surface area contributed by atoms with Crippen LogP contribution in [-0.4, -0.2) is 13.1 Å².